The van der Waals surface area contributed by atoms with Gasteiger partial charge in [-0.1, -0.05) is 0 Å². The fourth-order valence-electron chi connectivity index (χ4n) is 5.11. The van der Waals surface area contributed by atoms with E-state index in [1.807, 2.05) is 0 Å². The van der Waals surface area contributed by atoms with Gasteiger partial charge in [0.25, 0.3) is 0 Å². The Morgan fingerprint density at radius 2 is 0.976 bits per heavy atom. The SMILES string of the molecule is CCCCCC/C=C/C(C(=O)OC)=C(/C(=O)OC)C(C(=O)OC)=[C](C(=O)OC)[Sn]([CH2]CCC)([CH2]CCC)[CH2]CCC. The second-order valence-electron chi connectivity index (χ2n) is 10.3. The molecule has 0 unspecified atom stereocenters. The number of carbonyl (C=O) groups is 4. The molecule has 8 nitrogen and oxygen atoms in total. The van der Waals surface area contributed by atoms with Crippen LogP contribution >= 0.6 is 0 Å². The summed E-state index contributed by atoms with van der Waals surface area (Å²) in [6, 6.07) is 0. The van der Waals surface area contributed by atoms with Gasteiger partial charge < -0.3 is 0 Å². The fraction of sp³-hybridized carbons (Fsp3) is 0.688. The van der Waals surface area contributed by atoms with Crippen molar-refractivity contribution in [2.45, 2.75) is 112 Å². The first-order valence-corrected chi connectivity index (χ1v) is 22.7. The molecule has 0 spiro atoms. The van der Waals surface area contributed by atoms with Crippen LogP contribution in [0.3, 0.4) is 0 Å². The topological polar surface area (TPSA) is 105 Å². The Morgan fingerprint density at radius 3 is 1.39 bits per heavy atom. The van der Waals surface area contributed by atoms with E-state index in [4.69, 9.17) is 18.9 Å². The molecule has 0 aliphatic heterocycles. The number of ether oxygens (including phenoxy) is 4. The molecule has 0 aliphatic rings. The summed E-state index contributed by atoms with van der Waals surface area (Å²) in [7, 11) is 4.88. The van der Waals surface area contributed by atoms with Crippen LogP contribution in [0.4, 0.5) is 0 Å². The Kier molecular flexibility index (Phi) is 21.3. The predicted octanol–water partition coefficient (Wildman–Crippen LogP) is 7.19. The first-order valence-electron chi connectivity index (χ1n) is 15.2. The number of rotatable bonds is 21. The molecule has 0 radical (unpaired) electrons. The summed E-state index contributed by atoms with van der Waals surface area (Å²) in [5.41, 5.74) is -0.651. The number of hydrogen-bond acceptors (Lipinski definition) is 8. The molecule has 0 aromatic rings. The quantitative estimate of drug-likeness (QED) is 0.0313. The first kappa shape index (κ1) is 38.9. The van der Waals surface area contributed by atoms with Gasteiger partial charge in [0.2, 0.25) is 0 Å². The third-order valence-electron chi connectivity index (χ3n) is 7.41. The van der Waals surface area contributed by atoms with Crippen LogP contribution in [0.2, 0.25) is 13.3 Å². The van der Waals surface area contributed by atoms with Crippen molar-refractivity contribution in [3.05, 3.63) is 32.5 Å². The maximum atomic E-state index is 13.8. The molecule has 0 amide bonds. The summed E-state index contributed by atoms with van der Waals surface area (Å²) in [5, 5.41) is 0. The zero-order valence-corrected chi connectivity index (χ0v) is 29.7. The van der Waals surface area contributed by atoms with Gasteiger partial charge in [-0.05, 0) is 0 Å². The molecule has 0 N–H and O–H groups in total. The Bertz CT molecular complexity index is 910. The van der Waals surface area contributed by atoms with E-state index in [0.29, 0.717) is 6.42 Å². The van der Waals surface area contributed by atoms with Crippen LogP contribution in [0.1, 0.15) is 98.3 Å². The number of carbonyl (C=O) groups excluding carboxylic acids is 4. The van der Waals surface area contributed by atoms with Crippen LogP contribution < -0.4 is 0 Å². The van der Waals surface area contributed by atoms with E-state index in [2.05, 4.69) is 27.7 Å². The number of unbranched alkanes of at least 4 members (excludes halogenated alkanes) is 7. The van der Waals surface area contributed by atoms with E-state index >= 15 is 0 Å². The first-order chi connectivity index (χ1) is 19.7. The molecule has 0 bridgehead atoms. The minimum atomic E-state index is -3.82. The van der Waals surface area contributed by atoms with Gasteiger partial charge in [0, 0.05) is 0 Å². The van der Waals surface area contributed by atoms with Crippen molar-refractivity contribution in [1.29, 1.82) is 0 Å². The fourth-order valence-corrected chi connectivity index (χ4v) is 21.9. The van der Waals surface area contributed by atoms with E-state index in [1.54, 1.807) is 6.08 Å². The molecule has 0 heterocycles. The molecule has 0 saturated carbocycles. The second kappa shape index (κ2) is 22.5. The van der Waals surface area contributed by atoms with E-state index < -0.39 is 42.3 Å². The van der Waals surface area contributed by atoms with Gasteiger partial charge in [-0.15, -0.1) is 0 Å². The van der Waals surface area contributed by atoms with Gasteiger partial charge in [0.05, 0.1) is 0 Å². The third-order valence-corrected chi connectivity index (χ3v) is 23.0. The standard InChI is InChI=1S/C20H27O8.3C4H9.Sn/c1-6-7-8-9-10-11-12-14(18(22)26-3)17(20(24)28-5)15(19(23)27-4)13-16(21)25-2;3*1-3-4-2;/h11-12H,6-10H2,1-5H3;3*1,3-4H2,2H3;/b12-11+,15-13?,17-14-;;;;. The number of hydrogen-bond donors (Lipinski definition) is 0. The Balaban J connectivity index is 8.02. The number of allylic oxidation sites excluding steroid dienone is 1. The van der Waals surface area contributed by atoms with Gasteiger partial charge in [-0.25, -0.2) is 0 Å². The molecule has 41 heavy (non-hydrogen) atoms. The molecule has 0 aromatic carbocycles. The van der Waals surface area contributed by atoms with Gasteiger partial charge >= 0.3 is 253 Å². The van der Waals surface area contributed by atoms with Crippen molar-refractivity contribution in [2.24, 2.45) is 0 Å². The van der Waals surface area contributed by atoms with Crippen molar-refractivity contribution < 1.29 is 38.1 Å². The van der Waals surface area contributed by atoms with E-state index in [9.17, 15) is 19.2 Å². The normalized spacial score (nSPS) is 12.9. The Labute approximate surface area is 252 Å². The average molecular weight is 685 g/mol. The van der Waals surface area contributed by atoms with E-state index in [1.165, 1.54) is 34.5 Å². The summed E-state index contributed by atoms with van der Waals surface area (Å²) >= 11 is -3.82. The molecule has 9 heteroatoms. The third kappa shape index (κ3) is 12.3. The molecule has 0 aliphatic carbocycles. The molecule has 0 aromatic heterocycles. The van der Waals surface area contributed by atoms with Crippen LogP contribution in [0, 0.1) is 0 Å². The van der Waals surface area contributed by atoms with Crippen LogP contribution in [0.25, 0.3) is 0 Å². The molecule has 234 valence electrons. The van der Waals surface area contributed by atoms with Crippen LogP contribution in [0.15, 0.2) is 32.5 Å². The van der Waals surface area contributed by atoms with Crippen molar-refractivity contribution in [2.75, 3.05) is 28.4 Å². The Hall–Kier alpha value is -2.10. The Morgan fingerprint density at radius 1 is 0.537 bits per heavy atom. The van der Waals surface area contributed by atoms with Gasteiger partial charge in [0.15, 0.2) is 0 Å². The van der Waals surface area contributed by atoms with E-state index in [0.717, 1.165) is 77.5 Å². The number of methoxy groups -OCH3 is 4. The van der Waals surface area contributed by atoms with Crippen molar-refractivity contribution in [3.63, 3.8) is 0 Å². The van der Waals surface area contributed by atoms with Gasteiger partial charge in [-0.2, -0.15) is 0 Å². The molecule has 0 atom stereocenters. The summed E-state index contributed by atoms with van der Waals surface area (Å²) in [5.74, 6) is -3.23. The molecule has 0 fully saturated rings. The zero-order valence-electron chi connectivity index (χ0n) is 26.8. The summed E-state index contributed by atoms with van der Waals surface area (Å²) in [4.78, 5) is 54.2. The van der Waals surface area contributed by atoms with Crippen LogP contribution in [-0.4, -0.2) is 70.7 Å². The maximum absolute atomic E-state index is 13.8. The molecule has 0 rings (SSSR count). The predicted molar refractivity (Wildman–Crippen MR) is 165 cm³/mol. The number of esters is 4. The van der Waals surface area contributed by atoms with Crippen molar-refractivity contribution in [3.8, 4) is 0 Å². The minimum absolute atomic E-state index is 0.140. The van der Waals surface area contributed by atoms with Crippen LogP contribution in [-0.2, 0) is 38.1 Å². The zero-order chi connectivity index (χ0) is 31.3. The summed E-state index contributed by atoms with van der Waals surface area (Å²) in [6.07, 6.45) is 13.5. The second-order valence-corrected chi connectivity index (χ2v) is 23.4. The molecule has 0 saturated heterocycles. The van der Waals surface area contributed by atoms with Crippen molar-refractivity contribution in [1.82, 2.24) is 0 Å². The molecular formula is C32H54O8Sn. The van der Waals surface area contributed by atoms with Crippen LogP contribution in [0.5, 0.6) is 0 Å². The molecular weight excluding hydrogens is 631 g/mol. The monoisotopic (exact) mass is 686 g/mol. The van der Waals surface area contributed by atoms with Crippen molar-refractivity contribution >= 4 is 42.3 Å². The average Bonchev–Trinajstić information content (AvgIpc) is 3.00. The summed E-state index contributed by atoms with van der Waals surface area (Å²) in [6.45, 7) is 8.42. The summed E-state index contributed by atoms with van der Waals surface area (Å²) < 4.78 is 23.5. The van der Waals surface area contributed by atoms with E-state index in [-0.39, 0.29) is 20.3 Å². The van der Waals surface area contributed by atoms with Gasteiger partial charge in [0.1, 0.15) is 0 Å². The van der Waals surface area contributed by atoms with Gasteiger partial charge in [-0.3, -0.25) is 0 Å².